The van der Waals surface area contributed by atoms with Gasteiger partial charge in [0.25, 0.3) is 0 Å². The van der Waals surface area contributed by atoms with Gasteiger partial charge in [0.15, 0.2) is 0 Å². The molecule has 0 atom stereocenters. The summed E-state index contributed by atoms with van der Waals surface area (Å²) < 4.78 is 0. The second-order valence-corrected chi connectivity index (χ2v) is 8.37. The minimum Gasteiger partial charge on any atom is -0.358 e. The summed E-state index contributed by atoms with van der Waals surface area (Å²) in [6.45, 7) is 8.27. The van der Waals surface area contributed by atoms with Gasteiger partial charge < -0.3 is 4.98 Å². The molecule has 0 saturated carbocycles. The molecule has 4 aromatic rings. The summed E-state index contributed by atoms with van der Waals surface area (Å²) >= 11 is 0. The minimum absolute atomic E-state index is 0.131. The van der Waals surface area contributed by atoms with Gasteiger partial charge in [-0.1, -0.05) is 66.6 Å². The average Bonchev–Trinajstić information content (AvgIpc) is 3.09. The third-order valence-electron chi connectivity index (χ3n) is 5.84. The van der Waals surface area contributed by atoms with E-state index in [1.54, 1.807) is 0 Å². The molecule has 0 unspecified atom stereocenters. The van der Waals surface area contributed by atoms with E-state index >= 15 is 0 Å². The van der Waals surface area contributed by atoms with Crippen LogP contribution in [0.5, 0.6) is 0 Å². The summed E-state index contributed by atoms with van der Waals surface area (Å²) in [5, 5.41) is 5.68. The average molecular weight is 424 g/mol. The highest BCUT2D eigenvalue weighted by Crippen LogP contribution is 2.24. The summed E-state index contributed by atoms with van der Waals surface area (Å²) in [4.78, 5) is 16.3. The Hall–Kier alpha value is -3.66. The minimum atomic E-state index is -0.131. The molecule has 4 nitrogen and oxygen atoms in total. The largest absolute Gasteiger partial charge is 0.358 e. The highest BCUT2D eigenvalue weighted by atomic mass is 16.2. The number of fused-ring (bicyclic) bond motifs is 1. The Morgan fingerprint density at radius 1 is 0.906 bits per heavy atom. The molecular formula is C28H29N3O. The van der Waals surface area contributed by atoms with Crippen LogP contribution >= 0.6 is 0 Å². The predicted molar refractivity (Wildman–Crippen MR) is 132 cm³/mol. The van der Waals surface area contributed by atoms with Crippen LogP contribution in [0.1, 0.15) is 46.0 Å². The molecule has 0 fully saturated rings. The number of carbonyl (C=O) groups is 1. The number of nitrogens with zero attached hydrogens (tertiary/aromatic N) is 1. The van der Waals surface area contributed by atoms with Crippen LogP contribution in [0.3, 0.4) is 0 Å². The molecule has 0 spiro atoms. The number of benzene rings is 3. The van der Waals surface area contributed by atoms with Crippen molar-refractivity contribution in [2.45, 2.75) is 40.5 Å². The first-order chi connectivity index (χ1) is 15.4. The maximum Gasteiger partial charge on any atom is 0.244 e. The summed E-state index contributed by atoms with van der Waals surface area (Å²) in [6.07, 6.45) is 1.24. The maximum absolute atomic E-state index is 12.9. The molecule has 4 rings (SSSR count). The van der Waals surface area contributed by atoms with Crippen LogP contribution in [0.4, 0.5) is 0 Å². The number of rotatable bonds is 6. The third kappa shape index (κ3) is 4.65. The Labute approximate surface area is 189 Å². The molecule has 3 aromatic carbocycles. The Balaban J connectivity index is 1.63. The van der Waals surface area contributed by atoms with E-state index in [1.807, 2.05) is 31.2 Å². The van der Waals surface area contributed by atoms with E-state index in [2.05, 4.69) is 78.7 Å². The van der Waals surface area contributed by atoms with E-state index in [0.717, 1.165) is 51.0 Å². The Bertz CT molecular complexity index is 1300. The first-order valence-electron chi connectivity index (χ1n) is 11.0. The smallest absolute Gasteiger partial charge is 0.244 e. The molecular weight excluding hydrogens is 394 g/mol. The van der Waals surface area contributed by atoms with Gasteiger partial charge in [0, 0.05) is 27.7 Å². The van der Waals surface area contributed by atoms with Crippen molar-refractivity contribution < 1.29 is 4.79 Å². The summed E-state index contributed by atoms with van der Waals surface area (Å²) in [7, 11) is 0. The van der Waals surface area contributed by atoms with Gasteiger partial charge in [-0.05, 0) is 56.5 Å². The molecule has 32 heavy (non-hydrogen) atoms. The summed E-state index contributed by atoms with van der Waals surface area (Å²) in [5.41, 5.74) is 12.2. The second kappa shape index (κ2) is 9.23. The lowest BCUT2D eigenvalue weighted by atomic mass is 10.00. The predicted octanol–water partition coefficient (Wildman–Crippen LogP) is 5.77. The molecule has 0 aliphatic carbocycles. The van der Waals surface area contributed by atoms with Crippen LogP contribution < -0.4 is 5.43 Å². The van der Waals surface area contributed by atoms with Gasteiger partial charge in [-0.3, -0.25) is 4.79 Å². The van der Waals surface area contributed by atoms with Crippen LogP contribution in [0, 0.1) is 20.8 Å². The molecule has 162 valence electrons. The fourth-order valence-electron chi connectivity index (χ4n) is 4.00. The van der Waals surface area contributed by atoms with Crippen molar-refractivity contribution >= 4 is 22.5 Å². The molecule has 4 heteroatoms. The topological polar surface area (TPSA) is 57.2 Å². The lowest BCUT2D eigenvalue weighted by molar-refractivity contribution is -0.120. The van der Waals surface area contributed by atoms with Crippen molar-refractivity contribution in [1.82, 2.24) is 10.4 Å². The number of amides is 1. The van der Waals surface area contributed by atoms with Crippen molar-refractivity contribution in [2.24, 2.45) is 5.10 Å². The quantitative estimate of drug-likeness (QED) is 0.300. The fourth-order valence-corrected chi connectivity index (χ4v) is 4.00. The Morgan fingerprint density at radius 2 is 1.69 bits per heavy atom. The molecule has 0 bridgehead atoms. The Morgan fingerprint density at radius 3 is 2.41 bits per heavy atom. The van der Waals surface area contributed by atoms with E-state index in [-0.39, 0.29) is 12.3 Å². The molecule has 2 N–H and O–H groups in total. The number of nitrogens with one attached hydrogen (secondary N) is 2. The first kappa shape index (κ1) is 21.6. The van der Waals surface area contributed by atoms with Gasteiger partial charge in [-0.15, -0.1) is 0 Å². The molecule has 0 radical (unpaired) electrons. The van der Waals surface area contributed by atoms with Crippen LogP contribution in [-0.2, 0) is 17.6 Å². The van der Waals surface area contributed by atoms with Crippen LogP contribution in [0.25, 0.3) is 10.9 Å². The molecule has 1 amide bonds. The van der Waals surface area contributed by atoms with Gasteiger partial charge in [0.05, 0.1) is 12.1 Å². The van der Waals surface area contributed by atoms with E-state index in [9.17, 15) is 4.79 Å². The zero-order valence-electron chi connectivity index (χ0n) is 19.1. The number of aromatic amines is 1. The molecule has 0 saturated heterocycles. The monoisotopic (exact) mass is 423 g/mol. The van der Waals surface area contributed by atoms with Crippen molar-refractivity contribution in [2.75, 3.05) is 0 Å². The van der Waals surface area contributed by atoms with Crippen molar-refractivity contribution in [3.63, 3.8) is 0 Å². The molecule has 1 heterocycles. The number of H-pyrrole nitrogens is 1. The van der Waals surface area contributed by atoms with E-state index < -0.39 is 0 Å². The summed E-state index contributed by atoms with van der Waals surface area (Å²) in [5.74, 6) is -0.131. The number of hydrogen-bond acceptors (Lipinski definition) is 2. The van der Waals surface area contributed by atoms with Gasteiger partial charge in [0.1, 0.15) is 0 Å². The maximum atomic E-state index is 12.9. The number of aromatic nitrogens is 1. The van der Waals surface area contributed by atoms with Gasteiger partial charge in [0.2, 0.25) is 5.91 Å². The van der Waals surface area contributed by atoms with Gasteiger partial charge in [-0.25, -0.2) is 5.43 Å². The zero-order chi connectivity index (χ0) is 22.7. The van der Waals surface area contributed by atoms with Gasteiger partial charge in [-0.2, -0.15) is 5.10 Å². The number of hydrazone groups is 1. The Kier molecular flexibility index (Phi) is 6.22. The van der Waals surface area contributed by atoms with E-state index in [1.165, 1.54) is 11.1 Å². The number of carbonyl (C=O) groups excluding carboxylic acids is 1. The SMILES string of the molecule is CCc1ccc2[nH]c(C)c(CC(=O)NN=C(c3ccc(C)cc3)c3cccc(C)c3)c2c1. The third-order valence-corrected chi connectivity index (χ3v) is 5.84. The van der Waals surface area contributed by atoms with Crippen molar-refractivity contribution in [3.8, 4) is 0 Å². The lowest BCUT2D eigenvalue weighted by Gasteiger charge is -2.10. The lowest BCUT2D eigenvalue weighted by Crippen LogP contribution is -2.22. The number of aryl methyl sites for hydroxylation is 4. The first-order valence-corrected chi connectivity index (χ1v) is 11.0. The van der Waals surface area contributed by atoms with Crippen LogP contribution in [0.15, 0.2) is 71.8 Å². The molecule has 0 aliphatic rings. The molecule has 0 aliphatic heterocycles. The van der Waals surface area contributed by atoms with E-state index in [4.69, 9.17) is 0 Å². The molecule has 1 aromatic heterocycles. The second-order valence-electron chi connectivity index (χ2n) is 8.37. The van der Waals surface area contributed by atoms with Gasteiger partial charge >= 0.3 is 0 Å². The van der Waals surface area contributed by atoms with E-state index in [0.29, 0.717) is 0 Å². The van der Waals surface area contributed by atoms with Crippen LogP contribution in [-0.4, -0.2) is 16.6 Å². The standard InChI is InChI=1S/C28H29N3O/c1-5-21-11-14-26-25(16-21)24(20(4)29-26)17-27(32)30-31-28(22-12-9-18(2)10-13-22)23-8-6-7-19(3)15-23/h6-16,29H,5,17H2,1-4H3,(H,30,32). The summed E-state index contributed by atoms with van der Waals surface area (Å²) in [6, 6.07) is 22.8. The highest BCUT2D eigenvalue weighted by molar-refractivity contribution is 6.13. The fraction of sp³-hybridized carbons (Fsp3) is 0.214. The van der Waals surface area contributed by atoms with Crippen LogP contribution in [0.2, 0.25) is 0 Å². The zero-order valence-corrected chi connectivity index (χ0v) is 19.1. The number of hydrogen-bond donors (Lipinski definition) is 2. The van der Waals surface area contributed by atoms with Crippen molar-refractivity contribution in [3.05, 3.63) is 106 Å². The van der Waals surface area contributed by atoms with Crippen molar-refractivity contribution in [1.29, 1.82) is 0 Å². The highest BCUT2D eigenvalue weighted by Gasteiger charge is 2.14. The normalized spacial score (nSPS) is 11.7.